The lowest BCUT2D eigenvalue weighted by Gasteiger charge is -2.53. The SMILES string of the molecule is CCN1CC[C@@H]2C[C@@H](N3CCOCC3)CC[C@@]2(C(=O)NCc2cccc(CO)c2)C1. The van der Waals surface area contributed by atoms with Gasteiger partial charge in [0.15, 0.2) is 0 Å². The molecule has 3 fully saturated rings. The monoisotopic (exact) mass is 415 g/mol. The summed E-state index contributed by atoms with van der Waals surface area (Å²) in [4.78, 5) is 18.7. The molecule has 0 aromatic heterocycles. The highest BCUT2D eigenvalue weighted by Crippen LogP contribution is 2.47. The highest BCUT2D eigenvalue weighted by molar-refractivity contribution is 5.83. The zero-order chi connectivity index (χ0) is 21.0. The normalized spacial score (nSPS) is 30.6. The van der Waals surface area contributed by atoms with Gasteiger partial charge in [0, 0.05) is 32.2 Å². The maximum Gasteiger partial charge on any atom is 0.228 e. The van der Waals surface area contributed by atoms with Gasteiger partial charge in [0.2, 0.25) is 5.91 Å². The van der Waals surface area contributed by atoms with Crippen LogP contribution in [0.25, 0.3) is 0 Å². The highest BCUT2D eigenvalue weighted by atomic mass is 16.5. The first-order valence-electron chi connectivity index (χ1n) is 11.7. The van der Waals surface area contributed by atoms with E-state index in [1.165, 1.54) is 0 Å². The predicted octanol–water partition coefficient (Wildman–Crippen LogP) is 2.01. The summed E-state index contributed by atoms with van der Waals surface area (Å²) in [5.41, 5.74) is 1.66. The molecule has 0 radical (unpaired) electrons. The number of aliphatic hydroxyl groups is 1. The van der Waals surface area contributed by atoms with Crippen molar-refractivity contribution < 1.29 is 14.6 Å². The molecule has 0 bridgehead atoms. The van der Waals surface area contributed by atoms with Gasteiger partial charge >= 0.3 is 0 Å². The van der Waals surface area contributed by atoms with Crippen molar-refractivity contribution in [2.24, 2.45) is 11.3 Å². The van der Waals surface area contributed by atoms with E-state index >= 15 is 0 Å². The van der Waals surface area contributed by atoms with E-state index in [0.717, 1.165) is 82.7 Å². The van der Waals surface area contributed by atoms with E-state index in [1.54, 1.807) is 0 Å². The first-order chi connectivity index (χ1) is 14.6. The molecule has 0 spiro atoms. The van der Waals surface area contributed by atoms with E-state index in [0.29, 0.717) is 18.5 Å². The molecule has 3 atom stereocenters. The molecule has 4 rings (SSSR count). The van der Waals surface area contributed by atoms with Gasteiger partial charge in [0.1, 0.15) is 0 Å². The van der Waals surface area contributed by atoms with Crippen LogP contribution in [0.4, 0.5) is 0 Å². The van der Waals surface area contributed by atoms with E-state index in [4.69, 9.17) is 4.74 Å². The molecule has 2 saturated heterocycles. The van der Waals surface area contributed by atoms with E-state index < -0.39 is 0 Å². The number of carbonyl (C=O) groups is 1. The maximum atomic E-state index is 13.6. The van der Waals surface area contributed by atoms with Crippen LogP contribution in [0, 0.1) is 11.3 Å². The topological polar surface area (TPSA) is 65.0 Å². The number of likely N-dealkylation sites (tertiary alicyclic amines) is 1. The Kier molecular flexibility index (Phi) is 7.08. The van der Waals surface area contributed by atoms with Crippen LogP contribution in [0.15, 0.2) is 24.3 Å². The van der Waals surface area contributed by atoms with Crippen molar-refractivity contribution in [2.75, 3.05) is 45.9 Å². The lowest BCUT2D eigenvalue weighted by Crippen LogP contribution is -2.60. The van der Waals surface area contributed by atoms with Crippen LogP contribution in [0.1, 0.15) is 43.7 Å². The number of carbonyl (C=O) groups excluding carboxylic acids is 1. The molecule has 6 heteroatoms. The van der Waals surface area contributed by atoms with Gasteiger partial charge in [0.25, 0.3) is 0 Å². The second kappa shape index (κ2) is 9.77. The second-order valence-corrected chi connectivity index (χ2v) is 9.25. The lowest BCUT2D eigenvalue weighted by atomic mass is 9.61. The lowest BCUT2D eigenvalue weighted by molar-refractivity contribution is -0.145. The molecule has 2 heterocycles. The average molecular weight is 416 g/mol. The molecule has 2 N–H and O–H groups in total. The Morgan fingerprint density at radius 2 is 2.03 bits per heavy atom. The predicted molar refractivity (Wildman–Crippen MR) is 117 cm³/mol. The van der Waals surface area contributed by atoms with Gasteiger partial charge in [-0.05, 0) is 55.8 Å². The highest BCUT2D eigenvalue weighted by Gasteiger charge is 2.52. The minimum atomic E-state index is -0.272. The van der Waals surface area contributed by atoms with E-state index in [2.05, 4.69) is 22.0 Å². The summed E-state index contributed by atoms with van der Waals surface area (Å²) in [6, 6.07) is 8.44. The summed E-state index contributed by atoms with van der Waals surface area (Å²) in [5, 5.41) is 12.6. The third-order valence-electron chi connectivity index (χ3n) is 7.65. The number of ether oxygens (including phenoxy) is 1. The van der Waals surface area contributed by atoms with Crippen LogP contribution in [0.5, 0.6) is 0 Å². The van der Waals surface area contributed by atoms with Crippen LogP contribution in [0.2, 0.25) is 0 Å². The van der Waals surface area contributed by atoms with E-state index in [1.807, 2.05) is 24.3 Å². The average Bonchev–Trinajstić information content (AvgIpc) is 2.82. The fourth-order valence-electron chi connectivity index (χ4n) is 5.83. The van der Waals surface area contributed by atoms with Gasteiger partial charge in [-0.15, -0.1) is 0 Å². The van der Waals surface area contributed by atoms with Crippen molar-refractivity contribution in [3.8, 4) is 0 Å². The molecule has 1 amide bonds. The van der Waals surface area contributed by atoms with Crippen LogP contribution in [0.3, 0.4) is 0 Å². The molecule has 1 saturated carbocycles. The summed E-state index contributed by atoms with van der Waals surface area (Å²) < 4.78 is 5.55. The van der Waals surface area contributed by atoms with Gasteiger partial charge in [-0.2, -0.15) is 0 Å². The number of fused-ring (bicyclic) bond motifs is 1. The Labute approximate surface area is 180 Å². The zero-order valence-corrected chi connectivity index (χ0v) is 18.3. The van der Waals surface area contributed by atoms with Crippen molar-refractivity contribution in [1.82, 2.24) is 15.1 Å². The Hall–Kier alpha value is -1.47. The molecular weight excluding hydrogens is 378 g/mol. The quantitative estimate of drug-likeness (QED) is 0.744. The Bertz CT molecular complexity index is 721. The smallest absolute Gasteiger partial charge is 0.228 e. The van der Waals surface area contributed by atoms with Crippen molar-refractivity contribution >= 4 is 5.91 Å². The number of rotatable bonds is 6. The Balaban J connectivity index is 1.46. The summed E-state index contributed by atoms with van der Waals surface area (Å²) in [7, 11) is 0. The van der Waals surface area contributed by atoms with Crippen LogP contribution >= 0.6 is 0 Å². The second-order valence-electron chi connectivity index (χ2n) is 9.25. The number of hydrogen-bond donors (Lipinski definition) is 2. The van der Waals surface area contributed by atoms with Crippen molar-refractivity contribution in [3.63, 3.8) is 0 Å². The molecule has 3 aliphatic rings. The number of benzene rings is 1. The third-order valence-corrected chi connectivity index (χ3v) is 7.65. The van der Waals surface area contributed by atoms with Gasteiger partial charge in [0.05, 0.1) is 25.2 Å². The number of aliphatic hydroxyl groups excluding tert-OH is 1. The summed E-state index contributed by atoms with van der Waals surface area (Å²) in [6.45, 7) is 9.47. The molecule has 30 heavy (non-hydrogen) atoms. The van der Waals surface area contributed by atoms with Gasteiger partial charge < -0.3 is 20.1 Å². The number of morpholine rings is 1. The van der Waals surface area contributed by atoms with Crippen molar-refractivity contribution in [2.45, 2.75) is 51.8 Å². The third kappa shape index (κ3) is 4.57. The molecule has 2 aliphatic heterocycles. The number of hydrogen-bond acceptors (Lipinski definition) is 5. The molecule has 1 aromatic carbocycles. The minimum Gasteiger partial charge on any atom is -0.392 e. The first kappa shape index (κ1) is 21.8. The summed E-state index contributed by atoms with van der Waals surface area (Å²) in [5.74, 6) is 0.672. The number of nitrogens with zero attached hydrogens (tertiary/aromatic N) is 2. The minimum absolute atomic E-state index is 0.0299. The number of amides is 1. The Morgan fingerprint density at radius 1 is 1.23 bits per heavy atom. The molecule has 0 unspecified atom stereocenters. The number of nitrogens with one attached hydrogen (secondary N) is 1. The molecular formula is C24H37N3O3. The molecule has 1 aliphatic carbocycles. The molecule has 166 valence electrons. The fourth-order valence-corrected chi connectivity index (χ4v) is 5.83. The van der Waals surface area contributed by atoms with Crippen LogP contribution in [-0.2, 0) is 22.7 Å². The van der Waals surface area contributed by atoms with Gasteiger partial charge in [-0.3, -0.25) is 9.69 Å². The first-order valence-corrected chi connectivity index (χ1v) is 11.7. The van der Waals surface area contributed by atoms with E-state index in [9.17, 15) is 9.90 Å². The zero-order valence-electron chi connectivity index (χ0n) is 18.3. The number of piperidine rings is 1. The van der Waals surface area contributed by atoms with Gasteiger partial charge in [-0.25, -0.2) is 0 Å². The van der Waals surface area contributed by atoms with Gasteiger partial charge in [-0.1, -0.05) is 31.2 Å². The molecule has 1 aromatic rings. The Morgan fingerprint density at radius 3 is 2.80 bits per heavy atom. The summed E-state index contributed by atoms with van der Waals surface area (Å²) in [6.07, 6.45) is 4.31. The summed E-state index contributed by atoms with van der Waals surface area (Å²) >= 11 is 0. The van der Waals surface area contributed by atoms with Crippen LogP contribution < -0.4 is 5.32 Å². The fraction of sp³-hybridized carbons (Fsp3) is 0.708. The largest absolute Gasteiger partial charge is 0.392 e. The molecule has 6 nitrogen and oxygen atoms in total. The van der Waals surface area contributed by atoms with Crippen molar-refractivity contribution in [3.05, 3.63) is 35.4 Å². The maximum absolute atomic E-state index is 13.6. The standard InChI is InChI=1S/C24H37N3O3/c1-2-26-9-7-21-15-22(27-10-12-30-13-11-27)6-8-24(21,18-26)23(29)25-16-19-4-3-5-20(14-19)17-28/h3-5,14,21-22,28H,2,6-13,15-18H2,1H3,(H,25,29)/t21-,22+,24-/m1/s1. The van der Waals surface area contributed by atoms with Crippen molar-refractivity contribution in [1.29, 1.82) is 0 Å². The van der Waals surface area contributed by atoms with Crippen LogP contribution in [-0.4, -0.2) is 72.8 Å². The van der Waals surface area contributed by atoms with E-state index in [-0.39, 0.29) is 17.9 Å².